The van der Waals surface area contributed by atoms with E-state index in [1.165, 1.54) is 6.07 Å². The van der Waals surface area contributed by atoms with Crippen molar-refractivity contribution >= 4 is 46.8 Å². The van der Waals surface area contributed by atoms with Gasteiger partial charge < -0.3 is 0 Å². The van der Waals surface area contributed by atoms with Crippen molar-refractivity contribution in [2.24, 2.45) is 5.10 Å². The van der Waals surface area contributed by atoms with Crippen LogP contribution in [0.1, 0.15) is 11.1 Å². The summed E-state index contributed by atoms with van der Waals surface area (Å²) in [5.41, 5.74) is 4.87. The van der Waals surface area contributed by atoms with Gasteiger partial charge in [-0.25, -0.2) is 4.98 Å². The molecule has 2 rings (SSSR count). The maximum Gasteiger partial charge on any atom is 0.166 e. The number of benzene rings is 1. The molecular weight excluding hydrogens is 305 g/mol. The van der Waals surface area contributed by atoms with Crippen LogP contribution in [0.2, 0.25) is 15.2 Å². The lowest BCUT2D eigenvalue weighted by Gasteiger charge is -2.04. The van der Waals surface area contributed by atoms with Gasteiger partial charge in [0.1, 0.15) is 5.15 Å². The van der Waals surface area contributed by atoms with Gasteiger partial charge in [-0.15, -0.1) is 0 Å². The largest absolute Gasteiger partial charge is 0.260 e. The first-order valence-electron chi connectivity index (χ1n) is 5.44. The summed E-state index contributed by atoms with van der Waals surface area (Å²) in [4.78, 5) is 4.00. The van der Waals surface area contributed by atoms with E-state index in [-0.39, 0.29) is 5.15 Å². The first kappa shape index (κ1) is 14.1. The first-order valence-corrected chi connectivity index (χ1v) is 6.57. The zero-order chi connectivity index (χ0) is 13.8. The molecule has 0 aliphatic heterocycles. The molecule has 19 heavy (non-hydrogen) atoms. The standard InChI is InChI=1S/C13H10Cl3N3/c1-8-4-2-3-5-9(8)7-17-19-13-11(15)6-10(14)12(16)18-13/h2-7H,1H3,(H,18,19). The summed E-state index contributed by atoms with van der Waals surface area (Å²) in [6, 6.07) is 9.40. The van der Waals surface area contributed by atoms with Crippen LogP contribution < -0.4 is 5.43 Å². The van der Waals surface area contributed by atoms with E-state index >= 15 is 0 Å². The second kappa shape index (κ2) is 6.24. The minimum absolute atomic E-state index is 0.180. The van der Waals surface area contributed by atoms with Gasteiger partial charge in [-0.2, -0.15) is 5.10 Å². The molecule has 6 heteroatoms. The molecule has 1 aromatic heterocycles. The summed E-state index contributed by atoms with van der Waals surface area (Å²) in [5, 5.41) is 4.92. The molecule has 98 valence electrons. The Hall–Kier alpha value is -1.29. The van der Waals surface area contributed by atoms with E-state index in [4.69, 9.17) is 34.8 Å². The third-order valence-electron chi connectivity index (χ3n) is 2.45. The molecule has 0 amide bonds. The fourth-order valence-corrected chi connectivity index (χ4v) is 1.96. The SMILES string of the molecule is Cc1ccccc1C=NNc1nc(Cl)c(Cl)cc1Cl. The van der Waals surface area contributed by atoms with E-state index in [9.17, 15) is 0 Å². The van der Waals surface area contributed by atoms with Gasteiger partial charge in [-0.3, -0.25) is 5.43 Å². The Morgan fingerprint density at radius 1 is 1.16 bits per heavy atom. The van der Waals surface area contributed by atoms with Crippen LogP contribution in [0.15, 0.2) is 35.4 Å². The quantitative estimate of drug-likeness (QED) is 0.502. The highest BCUT2D eigenvalue weighted by molar-refractivity contribution is 6.42. The maximum atomic E-state index is 5.97. The molecule has 0 radical (unpaired) electrons. The topological polar surface area (TPSA) is 37.3 Å². The highest BCUT2D eigenvalue weighted by Crippen LogP contribution is 2.28. The monoisotopic (exact) mass is 313 g/mol. The van der Waals surface area contributed by atoms with Crippen LogP contribution in [-0.4, -0.2) is 11.2 Å². The van der Waals surface area contributed by atoms with Crippen molar-refractivity contribution in [2.75, 3.05) is 5.43 Å². The summed E-state index contributed by atoms with van der Waals surface area (Å²) in [7, 11) is 0. The smallest absolute Gasteiger partial charge is 0.166 e. The molecule has 0 unspecified atom stereocenters. The summed E-state index contributed by atoms with van der Waals surface area (Å²) >= 11 is 17.6. The van der Waals surface area contributed by atoms with Crippen molar-refractivity contribution in [3.05, 3.63) is 56.7 Å². The van der Waals surface area contributed by atoms with Crippen molar-refractivity contribution in [1.29, 1.82) is 0 Å². The van der Waals surface area contributed by atoms with Crippen LogP contribution >= 0.6 is 34.8 Å². The summed E-state index contributed by atoms with van der Waals surface area (Å²) < 4.78 is 0. The number of rotatable bonds is 3. The van der Waals surface area contributed by atoms with E-state index in [0.717, 1.165) is 11.1 Å². The van der Waals surface area contributed by atoms with E-state index in [2.05, 4.69) is 15.5 Å². The second-order valence-electron chi connectivity index (χ2n) is 3.82. The third-order valence-corrected chi connectivity index (χ3v) is 3.41. The number of pyridine rings is 1. The fourth-order valence-electron chi connectivity index (χ4n) is 1.42. The van der Waals surface area contributed by atoms with Crippen LogP contribution in [0.3, 0.4) is 0 Å². The highest BCUT2D eigenvalue weighted by Gasteiger charge is 2.06. The van der Waals surface area contributed by atoms with Gasteiger partial charge in [0.2, 0.25) is 0 Å². The molecule has 1 N–H and O–H groups in total. The third kappa shape index (κ3) is 3.60. The van der Waals surface area contributed by atoms with Gasteiger partial charge in [0.05, 0.1) is 16.3 Å². The summed E-state index contributed by atoms with van der Waals surface area (Å²) in [6.07, 6.45) is 1.69. The molecule has 3 nitrogen and oxygen atoms in total. The van der Waals surface area contributed by atoms with Gasteiger partial charge in [0.15, 0.2) is 5.82 Å². The Balaban J connectivity index is 2.15. The van der Waals surface area contributed by atoms with Crippen molar-refractivity contribution in [3.8, 4) is 0 Å². The van der Waals surface area contributed by atoms with Crippen molar-refractivity contribution in [2.45, 2.75) is 6.92 Å². The number of nitrogens with one attached hydrogen (secondary N) is 1. The van der Waals surface area contributed by atoms with Crippen molar-refractivity contribution < 1.29 is 0 Å². The average molecular weight is 315 g/mol. The van der Waals surface area contributed by atoms with Crippen molar-refractivity contribution in [1.82, 2.24) is 4.98 Å². The van der Waals surface area contributed by atoms with E-state index in [1.807, 2.05) is 31.2 Å². The van der Waals surface area contributed by atoms with Crippen LogP contribution in [0, 0.1) is 6.92 Å². The number of hydrogen-bond donors (Lipinski definition) is 1. The molecule has 0 bridgehead atoms. The van der Waals surface area contributed by atoms with Gasteiger partial charge in [-0.1, -0.05) is 59.1 Å². The molecule has 1 aromatic carbocycles. The van der Waals surface area contributed by atoms with E-state index in [0.29, 0.717) is 15.9 Å². The van der Waals surface area contributed by atoms with Gasteiger partial charge >= 0.3 is 0 Å². The van der Waals surface area contributed by atoms with Crippen LogP contribution in [-0.2, 0) is 0 Å². The fraction of sp³-hybridized carbons (Fsp3) is 0.0769. The minimum atomic E-state index is 0.180. The highest BCUT2D eigenvalue weighted by atomic mass is 35.5. The molecule has 0 aliphatic carbocycles. The van der Waals surface area contributed by atoms with Crippen LogP contribution in [0.5, 0.6) is 0 Å². The lowest BCUT2D eigenvalue weighted by molar-refractivity contribution is 1.23. The van der Waals surface area contributed by atoms with Crippen molar-refractivity contribution in [3.63, 3.8) is 0 Å². The molecular formula is C13H10Cl3N3. The van der Waals surface area contributed by atoms with Crippen LogP contribution in [0.4, 0.5) is 5.82 Å². The number of nitrogens with zero attached hydrogens (tertiary/aromatic N) is 2. The zero-order valence-corrected chi connectivity index (χ0v) is 12.3. The number of halogens is 3. The predicted octanol–water partition coefficient (Wildman–Crippen LogP) is 4.80. The van der Waals surface area contributed by atoms with E-state index in [1.54, 1.807) is 6.21 Å². The van der Waals surface area contributed by atoms with Gasteiger partial charge in [0, 0.05) is 0 Å². The Labute approximate surface area is 126 Å². The Kier molecular flexibility index (Phi) is 4.64. The molecule has 0 fully saturated rings. The number of aryl methyl sites for hydroxylation is 1. The maximum absolute atomic E-state index is 5.97. The zero-order valence-electron chi connectivity index (χ0n) is 9.99. The number of anilines is 1. The van der Waals surface area contributed by atoms with Gasteiger partial charge in [0.25, 0.3) is 0 Å². The lowest BCUT2D eigenvalue weighted by Crippen LogP contribution is -1.96. The van der Waals surface area contributed by atoms with E-state index < -0.39 is 0 Å². The number of hydrogen-bond acceptors (Lipinski definition) is 3. The average Bonchev–Trinajstić information content (AvgIpc) is 2.38. The lowest BCUT2D eigenvalue weighted by atomic mass is 10.1. The second-order valence-corrected chi connectivity index (χ2v) is 4.99. The Bertz CT molecular complexity index is 627. The molecule has 0 aliphatic rings. The predicted molar refractivity (Wildman–Crippen MR) is 81.7 cm³/mol. The van der Waals surface area contributed by atoms with Gasteiger partial charge in [-0.05, 0) is 24.1 Å². The molecule has 1 heterocycles. The molecule has 0 spiro atoms. The summed E-state index contributed by atoms with van der Waals surface area (Å²) in [5.74, 6) is 0.362. The number of hydrazone groups is 1. The molecule has 0 saturated heterocycles. The Morgan fingerprint density at radius 2 is 1.89 bits per heavy atom. The molecule has 0 saturated carbocycles. The number of aromatic nitrogens is 1. The minimum Gasteiger partial charge on any atom is -0.260 e. The molecule has 0 atom stereocenters. The Morgan fingerprint density at radius 3 is 2.63 bits per heavy atom. The van der Waals surface area contributed by atoms with Crippen LogP contribution in [0.25, 0.3) is 0 Å². The summed E-state index contributed by atoms with van der Waals surface area (Å²) in [6.45, 7) is 2.01. The molecule has 2 aromatic rings. The normalized spacial score (nSPS) is 10.9. The first-order chi connectivity index (χ1) is 9.08.